The van der Waals surface area contributed by atoms with Gasteiger partial charge in [-0.1, -0.05) is 18.2 Å². The molecule has 120 valence electrons. The van der Waals surface area contributed by atoms with Gasteiger partial charge in [-0.15, -0.1) is 10.2 Å². The molecule has 3 rings (SSSR count). The molecule has 1 N–H and O–H groups in total. The third-order valence-corrected chi connectivity index (χ3v) is 3.78. The van der Waals surface area contributed by atoms with Crippen molar-refractivity contribution in [3.63, 3.8) is 0 Å². The lowest BCUT2D eigenvalue weighted by atomic mass is 10.2. The maximum absolute atomic E-state index is 12.0. The number of aromatic nitrogens is 2. The molecule has 0 aliphatic carbocycles. The van der Waals surface area contributed by atoms with Gasteiger partial charge in [0.15, 0.2) is 11.6 Å². The molecule has 1 amide bonds. The fourth-order valence-electron chi connectivity index (χ4n) is 2.61. The maximum Gasteiger partial charge on any atom is 0.254 e. The summed E-state index contributed by atoms with van der Waals surface area (Å²) in [6.45, 7) is 3.48. The van der Waals surface area contributed by atoms with E-state index in [2.05, 4.69) is 27.3 Å². The Morgan fingerprint density at radius 2 is 2.09 bits per heavy atom. The van der Waals surface area contributed by atoms with Crippen LogP contribution in [0.1, 0.15) is 19.8 Å². The molecule has 6 heteroatoms. The highest BCUT2D eigenvalue weighted by atomic mass is 16.5. The van der Waals surface area contributed by atoms with Crippen LogP contribution >= 0.6 is 0 Å². The smallest absolute Gasteiger partial charge is 0.254 e. The standard InChI is InChI=1S/C17H20N4O2/c1-2-21(13-7-4-3-5-8-13)16-11-10-15(19-20-16)18-17(22)14-9-6-12-23-14/h3-5,7-8,10-11,14H,2,6,9,12H2,1H3,(H,18,19,22). The zero-order chi connectivity index (χ0) is 16.1. The average Bonchev–Trinajstić information content (AvgIpc) is 3.13. The lowest BCUT2D eigenvalue weighted by Gasteiger charge is -2.21. The molecule has 0 saturated carbocycles. The highest BCUT2D eigenvalue weighted by Crippen LogP contribution is 2.23. The van der Waals surface area contributed by atoms with Crippen molar-refractivity contribution in [2.45, 2.75) is 25.9 Å². The number of nitrogens with zero attached hydrogens (tertiary/aromatic N) is 3. The number of para-hydroxylation sites is 1. The Balaban J connectivity index is 1.69. The number of nitrogens with one attached hydrogen (secondary N) is 1. The largest absolute Gasteiger partial charge is 0.368 e. The molecule has 1 atom stereocenters. The van der Waals surface area contributed by atoms with Crippen LogP contribution in [0.15, 0.2) is 42.5 Å². The monoisotopic (exact) mass is 312 g/mol. The Hall–Kier alpha value is -2.47. The van der Waals surface area contributed by atoms with E-state index >= 15 is 0 Å². The van der Waals surface area contributed by atoms with Gasteiger partial charge in [0.25, 0.3) is 5.91 Å². The number of amides is 1. The molecule has 1 unspecified atom stereocenters. The predicted molar refractivity (Wildman–Crippen MR) is 88.8 cm³/mol. The van der Waals surface area contributed by atoms with Gasteiger partial charge in [0.1, 0.15) is 6.10 Å². The number of ether oxygens (including phenoxy) is 1. The summed E-state index contributed by atoms with van der Waals surface area (Å²) in [6, 6.07) is 13.6. The van der Waals surface area contributed by atoms with Crippen molar-refractivity contribution in [1.29, 1.82) is 0 Å². The second-order valence-corrected chi connectivity index (χ2v) is 5.35. The van der Waals surface area contributed by atoms with Gasteiger partial charge < -0.3 is 15.0 Å². The van der Waals surface area contributed by atoms with Gasteiger partial charge in [-0.25, -0.2) is 0 Å². The van der Waals surface area contributed by atoms with Gasteiger partial charge >= 0.3 is 0 Å². The average molecular weight is 312 g/mol. The van der Waals surface area contributed by atoms with E-state index < -0.39 is 0 Å². The van der Waals surface area contributed by atoms with Gasteiger partial charge in [0.05, 0.1) is 0 Å². The van der Waals surface area contributed by atoms with Gasteiger partial charge in [0, 0.05) is 18.8 Å². The quantitative estimate of drug-likeness (QED) is 0.919. The molecular weight excluding hydrogens is 292 g/mol. The maximum atomic E-state index is 12.0. The molecule has 1 aliphatic rings. The van der Waals surface area contributed by atoms with Crippen molar-refractivity contribution in [2.75, 3.05) is 23.4 Å². The zero-order valence-electron chi connectivity index (χ0n) is 13.1. The molecule has 1 saturated heterocycles. The van der Waals surface area contributed by atoms with Gasteiger partial charge in [-0.05, 0) is 44.0 Å². The first kappa shape index (κ1) is 15.4. The second kappa shape index (κ2) is 7.19. The molecule has 1 aromatic heterocycles. The minimum atomic E-state index is -0.368. The molecule has 2 aromatic rings. The topological polar surface area (TPSA) is 67.4 Å². The van der Waals surface area contributed by atoms with Crippen LogP contribution in [0.3, 0.4) is 0 Å². The Morgan fingerprint density at radius 3 is 2.70 bits per heavy atom. The Morgan fingerprint density at radius 1 is 1.26 bits per heavy atom. The first-order chi connectivity index (χ1) is 11.3. The third-order valence-electron chi connectivity index (χ3n) is 3.78. The van der Waals surface area contributed by atoms with E-state index in [1.54, 1.807) is 6.07 Å². The Kier molecular flexibility index (Phi) is 4.83. The van der Waals surface area contributed by atoms with Crippen molar-refractivity contribution in [3.8, 4) is 0 Å². The number of hydrogen-bond acceptors (Lipinski definition) is 5. The molecule has 2 heterocycles. The van der Waals surface area contributed by atoms with E-state index in [1.165, 1.54) is 0 Å². The van der Waals surface area contributed by atoms with E-state index in [9.17, 15) is 4.79 Å². The van der Waals surface area contributed by atoms with Gasteiger partial charge in [-0.3, -0.25) is 4.79 Å². The number of anilines is 3. The van der Waals surface area contributed by atoms with E-state index in [4.69, 9.17) is 4.74 Å². The summed E-state index contributed by atoms with van der Waals surface area (Å²) in [4.78, 5) is 14.1. The molecule has 0 bridgehead atoms. The normalized spacial score (nSPS) is 17.0. The molecular formula is C17H20N4O2. The summed E-state index contributed by atoms with van der Waals surface area (Å²) in [5.74, 6) is 1.03. The first-order valence-corrected chi connectivity index (χ1v) is 7.86. The van der Waals surface area contributed by atoms with E-state index in [-0.39, 0.29) is 12.0 Å². The van der Waals surface area contributed by atoms with Crippen LogP contribution in [0.5, 0.6) is 0 Å². The first-order valence-electron chi connectivity index (χ1n) is 7.86. The molecule has 1 fully saturated rings. The zero-order valence-corrected chi connectivity index (χ0v) is 13.1. The van der Waals surface area contributed by atoms with Crippen LogP contribution < -0.4 is 10.2 Å². The number of carbonyl (C=O) groups excluding carboxylic acids is 1. The highest BCUT2D eigenvalue weighted by Gasteiger charge is 2.23. The molecule has 0 spiro atoms. The van der Waals surface area contributed by atoms with Crippen LogP contribution in [-0.4, -0.2) is 35.4 Å². The van der Waals surface area contributed by atoms with Crippen molar-refractivity contribution in [3.05, 3.63) is 42.5 Å². The van der Waals surface area contributed by atoms with Gasteiger partial charge in [0.2, 0.25) is 0 Å². The molecule has 1 aromatic carbocycles. The lowest BCUT2D eigenvalue weighted by molar-refractivity contribution is -0.124. The molecule has 1 aliphatic heterocycles. The second-order valence-electron chi connectivity index (χ2n) is 5.35. The van der Waals surface area contributed by atoms with E-state index in [0.29, 0.717) is 12.4 Å². The summed E-state index contributed by atoms with van der Waals surface area (Å²) in [5, 5.41) is 11.1. The fourth-order valence-corrected chi connectivity index (χ4v) is 2.61. The summed E-state index contributed by atoms with van der Waals surface area (Å²) in [6.07, 6.45) is 1.31. The van der Waals surface area contributed by atoms with Crippen LogP contribution in [0.2, 0.25) is 0 Å². The SMILES string of the molecule is CCN(c1ccccc1)c1ccc(NC(=O)C2CCCO2)nn1. The Labute approximate surface area is 135 Å². The minimum Gasteiger partial charge on any atom is -0.368 e. The van der Waals surface area contributed by atoms with E-state index in [0.717, 1.165) is 30.9 Å². The fraction of sp³-hybridized carbons (Fsp3) is 0.353. The van der Waals surface area contributed by atoms with Crippen molar-refractivity contribution in [1.82, 2.24) is 10.2 Å². The molecule has 6 nitrogen and oxygen atoms in total. The number of rotatable bonds is 5. The van der Waals surface area contributed by atoms with Gasteiger partial charge in [-0.2, -0.15) is 0 Å². The van der Waals surface area contributed by atoms with Crippen molar-refractivity contribution in [2.24, 2.45) is 0 Å². The number of carbonyl (C=O) groups is 1. The van der Waals surface area contributed by atoms with E-state index in [1.807, 2.05) is 36.4 Å². The van der Waals surface area contributed by atoms with Crippen LogP contribution in [0, 0.1) is 0 Å². The number of benzene rings is 1. The van der Waals surface area contributed by atoms with Crippen molar-refractivity contribution < 1.29 is 9.53 Å². The Bertz CT molecular complexity index is 639. The molecule has 0 radical (unpaired) electrons. The van der Waals surface area contributed by atoms with Crippen LogP contribution in [0.25, 0.3) is 0 Å². The molecule has 23 heavy (non-hydrogen) atoms. The predicted octanol–water partition coefficient (Wildman–Crippen LogP) is 2.75. The third kappa shape index (κ3) is 3.65. The summed E-state index contributed by atoms with van der Waals surface area (Å²) in [7, 11) is 0. The summed E-state index contributed by atoms with van der Waals surface area (Å²) in [5.41, 5.74) is 1.06. The minimum absolute atomic E-state index is 0.153. The lowest BCUT2D eigenvalue weighted by Crippen LogP contribution is -2.27. The summed E-state index contributed by atoms with van der Waals surface area (Å²) >= 11 is 0. The summed E-state index contributed by atoms with van der Waals surface area (Å²) < 4.78 is 5.36. The van der Waals surface area contributed by atoms with Crippen LogP contribution in [0.4, 0.5) is 17.3 Å². The highest BCUT2D eigenvalue weighted by molar-refractivity contribution is 5.93. The number of hydrogen-bond donors (Lipinski definition) is 1. The van der Waals surface area contributed by atoms with Crippen molar-refractivity contribution >= 4 is 23.2 Å². The van der Waals surface area contributed by atoms with Crippen LogP contribution in [-0.2, 0) is 9.53 Å².